The van der Waals surface area contributed by atoms with Gasteiger partial charge in [0.1, 0.15) is 0 Å². The highest BCUT2D eigenvalue weighted by molar-refractivity contribution is 5.76. The van der Waals surface area contributed by atoms with E-state index in [1.165, 1.54) is 0 Å². The highest BCUT2D eigenvalue weighted by atomic mass is 16.5. The van der Waals surface area contributed by atoms with Crippen molar-refractivity contribution in [2.75, 3.05) is 26.3 Å². The van der Waals surface area contributed by atoms with Gasteiger partial charge in [-0.2, -0.15) is 5.10 Å². The minimum Gasteiger partial charge on any atom is -0.389 e. The zero-order chi connectivity index (χ0) is 16.2. The number of ether oxygens (including phenoxy) is 1. The standard InChI is InChI=1S/C16H26N4O3/c1-19-12(6-7-17-19)2-5-15(21)18-13-3-4-14(16(13)22)20-8-10-23-11-9-20/h6-7,13-14,16,22H,2-5,8-11H2,1H3,(H,18,21)/t13-,14-,16-/m1/s1. The van der Waals surface area contributed by atoms with E-state index in [9.17, 15) is 9.90 Å². The van der Waals surface area contributed by atoms with Gasteiger partial charge >= 0.3 is 0 Å². The lowest BCUT2D eigenvalue weighted by molar-refractivity contribution is -0.122. The first kappa shape index (κ1) is 16.4. The molecule has 128 valence electrons. The van der Waals surface area contributed by atoms with E-state index in [1.807, 2.05) is 13.1 Å². The van der Waals surface area contributed by atoms with E-state index in [1.54, 1.807) is 10.9 Å². The zero-order valence-electron chi connectivity index (χ0n) is 13.6. The molecule has 3 rings (SSSR count). The van der Waals surface area contributed by atoms with Gasteiger partial charge in [0, 0.05) is 44.5 Å². The molecule has 7 heteroatoms. The maximum absolute atomic E-state index is 12.1. The van der Waals surface area contributed by atoms with Crippen molar-refractivity contribution >= 4 is 5.91 Å². The molecule has 1 amide bonds. The Morgan fingerprint density at radius 1 is 1.43 bits per heavy atom. The molecule has 1 aromatic heterocycles. The van der Waals surface area contributed by atoms with E-state index in [4.69, 9.17) is 4.74 Å². The van der Waals surface area contributed by atoms with Crippen LogP contribution >= 0.6 is 0 Å². The van der Waals surface area contributed by atoms with Gasteiger partial charge < -0.3 is 15.2 Å². The number of hydrogen-bond acceptors (Lipinski definition) is 5. The van der Waals surface area contributed by atoms with Crippen molar-refractivity contribution in [2.45, 2.75) is 43.9 Å². The summed E-state index contributed by atoms with van der Waals surface area (Å²) in [7, 11) is 1.88. The Morgan fingerprint density at radius 3 is 2.91 bits per heavy atom. The van der Waals surface area contributed by atoms with E-state index < -0.39 is 6.10 Å². The third-order valence-electron chi connectivity index (χ3n) is 4.97. The molecule has 7 nitrogen and oxygen atoms in total. The molecular formula is C16H26N4O3. The van der Waals surface area contributed by atoms with Crippen LogP contribution in [0, 0.1) is 0 Å². The number of nitrogens with one attached hydrogen (secondary N) is 1. The van der Waals surface area contributed by atoms with Crippen LogP contribution in [0.25, 0.3) is 0 Å². The van der Waals surface area contributed by atoms with Crippen molar-refractivity contribution in [1.29, 1.82) is 0 Å². The van der Waals surface area contributed by atoms with Gasteiger partial charge in [0.15, 0.2) is 0 Å². The molecule has 1 aliphatic carbocycles. The Bertz CT molecular complexity index is 527. The summed E-state index contributed by atoms with van der Waals surface area (Å²) >= 11 is 0. The number of morpholine rings is 1. The van der Waals surface area contributed by atoms with Gasteiger partial charge in [-0.05, 0) is 25.3 Å². The summed E-state index contributed by atoms with van der Waals surface area (Å²) in [6.07, 6.45) is 4.09. The highest BCUT2D eigenvalue weighted by Crippen LogP contribution is 2.25. The summed E-state index contributed by atoms with van der Waals surface area (Å²) in [6, 6.07) is 1.93. The quantitative estimate of drug-likeness (QED) is 0.778. The topological polar surface area (TPSA) is 79.6 Å². The van der Waals surface area contributed by atoms with Crippen LogP contribution in [-0.2, 0) is 23.0 Å². The van der Waals surface area contributed by atoms with Gasteiger partial charge in [-0.3, -0.25) is 14.4 Å². The number of aromatic nitrogens is 2. The average molecular weight is 322 g/mol. The van der Waals surface area contributed by atoms with Crippen LogP contribution in [0.2, 0.25) is 0 Å². The van der Waals surface area contributed by atoms with Gasteiger partial charge in [-0.15, -0.1) is 0 Å². The minimum absolute atomic E-state index is 0.00197. The molecule has 23 heavy (non-hydrogen) atoms. The fraction of sp³-hybridized carbons (Fsp3) is 0.750. The number of aliphatic hydroxyl groups is 1. The third kappa shape index (κ3) is 3.91. The van der Waals surface area contributed by atoms with Crippen molar-refractivity contribution in [3.05, 3.63) is 18.0 Å². The molecule has 0 bridgehead atoms. The molecule has 0 radical (unpaired) electrons. The molecule has 1 saturated carbocycles. The lowest BCUT2D eigenvalue weighted by atomic mass is 10.1. The van der Waals surface area contributed by atoms with Gasteiger partial charge in [0.2, 0.25) is 5.91 Å². The molecule has 0 unspecified atom stereocenters. The van der Waals surface area contributed by atoms with Crippen molar-refractivity contribution in [3.63, 3.8) is 0 Å². The number of aryl methyl sites for hydroxylation is 2. The number of carbonyl (C=O) groups is 1. The fourth-order valence-electron chi connectivity index (χ4n) is 3.59. The summed E-state index contributed by atoms with van der Waals surface area (Å²) in [6.45, 7) is 3.18. The van der Waals surface area contributed by atoms with Crippen molar-refractivity contribution in [3.8, 4) is 0 Å². The molecule has 1 aromatic rings. The molecule has 0 spiro atoms. The summed E-state index contributed by atoms with van der Waals surface area (Å²) in [5.74, 6) is -0.00197. The first-order chi connectivity index (χ1) is 11.1. The Hall–Kier alpha value is -1.44. The smallest absolute Gasteiger partial charge is 0.220 e. The maximum Gasteiger partial charge on any atom is 0.220 e. The summed E-state index contributed by atoms with van der Waals surface area (Å²) in [5, 5.41) is 17.6. The normalized spacial score (nSPS) is 28.9. The molecule has 3 atom stereocenters. The van der Waals surface area contributed by atoms with Crippen LogP contribution in [-0.4, -0.2) is 70.2 Å². The van der Waals surface area contributed by atoms with Crippen LogP contribution in [0.15, 0.2) is 12.3 Å². The van der Waals surface area contributed by atoms with Crippen molar-refractivity contribution < 1.29 is 14.6 Å². The predicted molar refractivity (Wildman–Crippen MR) is 84.9 cm³/mol. The molecular weight excluding hydrogens is 296 g/mol. The molecule has 2 fully saturated rings. The predicted octanol–water partition coefficient (Wildman–Crippen LogP) is -0.307. The Balaban J connectivity index is 1.46. The van der Waals surface area contributed by atoms with Gasteiger partial charge in [0.05, 0.1) is 25.4 Å². The van der Waals surface area contributed by atoms with Gasteiger partial charge in [-0.25, -0.2) is 0 Å². The fourth-order valence-corrected chi connectivity index (χ4v) is 3.59. The van der Waals surface area contributed by atoms with E-state index in [0.29, 0.717) is 12.8 Å². The van der Waals surface area contributed by atoms with Crippen LogP contribution in [0.1, 0.15) is 25.0 Å². The van der Waals surface area contributed by atoms with E-state index in [0.717, 1.165) is 44.8 Å². The number of nitrogens with zero attached hydrogens (tertiary/aromatic N) is 3. The van der Waals surface area contributed by atoms with Crippen LogP contribution in [0.5, 0.6) is 0 Å². The number of rotatable bonds is 5. The lowest BCUT2D eigenvalue weighted by Gasteiger charge is -2.34. The number of carbonyl (C=O) groups excluding carboxylic acids is 1. The Labute approximate surface area is 136 Å². The lowest BCUT2D eigenvalue weighted by Crippen LogP contribution is -2.51. The third-order valence-corrected chi connectivity index (χ3v) is 4.97. The van der Waals surface area contributed by atoms with Crippen LogP contribution < -0.4 is 5.32 Å². The second-order valence-electron chi connectivity index (χ2n) is 6.40. The minimum atomic E-state index is -0.492. The molecule has 1 saturated heterocycles. The average Bonchev–Trinajstić information content (AvgIpc) is 3.13. The van der Waals surface area contributed by atoms with Gasteiger partial charge in [-0.1, -0.05) is 0 Å². The monoisotopic (exact) mass is 322 g/mol. The summed E-state index contributed by atoms with van der Waals surface area (Å²) < 4.78 is 7.15. The van der Waals surface area contributed by atoms with Crippen LogP contribution in [0.4, 0.5) is 0 Å². The molecule has 0 aromatic carbocycles. The molecule has 2 N–H and O–H groups in total. The summed E-state index contributed by atoms with van der Waals surface area (Å²) in [5.41, 5.74) is 1.04. The summed E-state index contributed by atoms with van der Waals surface area (Å²) in [4.78, 5) is 14.4. The largest absolute Gasteiger partial charge is 0.389 e. The van der Waals surface area contributed by atoms with Gasteiger partial charge in [0.25, 0.3) is 0 Å². The van der Waals surface area contributed by atoms with Crippen LogP contribution in [0.3, 0.4) is 0 Å². The highest BCUT2D eigenvalue weighted by Gasteiger charge is 2.39. The van der Waals surface area contributed by atoms with E-state index >= 15 is 0 Å². The zero-order valence-corrected chi connectivity index (χ0v) is 13.6. The second kappa shape index (κ2) is 7.42. The Kier molecular flexibility index (Phi) is 5.30. The first-order valence-electron chi connectivity index (χ1n) is 8.41. The molecule has 2 aliphatic rings. The van der Waals surface area contributed by atoms with E-state index in [2.05, 4.69) is 15.3 Å². The van der Waals surface area contributed by atoms with Crippen molar-refractivity contribution in [1.82, 2.24) is 20.0 Å². The SMILES string of the molecule is Cn1nccc1CCC(=O)N[C@@H]1CC[C@@H](N2CCOCC2)[C@@H]1O. The van der Waals surface area contributed by atoms with Crippen molar-refractivity contribution in [2.24, 2.45) is 7.05 Å². The first-order valence-corrected chi connectivity index (χ1v) is 8.41. The van der Waals surface area contributed by atoms with E-state index in [-0.39, 0.29) is 18.0 Å². The maximum atomic E-state index is 12.1. The second-order valence-corrected chi connectivity index (χ2v) is 6.40. The number of amides is 1. The molecule has 1 aliphatic heterocycles. The molecule has 2 heterocycles. The number of aliphatic hydroxyl groups excluding tert-OH is 1. The number of hydrogen-bond donors (Lipinski definition) is 2. The Morgan fingerprint density at radius 2 is 2.22 bits per heavy atom.